The molecule has 33 heavy (non-hydrogen) atoms. The number of anilines is 2. The molecule has 0 fully saturated rings. The van der Waals surface area contributed by atoms with E-state index in [1.54, 1.807) is 23.9 Å². The summed E-state index contributed by atoms with van der Waals surface area (Å²) in [5, 5.41) is 4.68. The van der Waals surface area contributed by atoms with E-state index in [9.17, 15) is 0 Å². The molecule has 0 aliphatic carbocycles. The van der Waals surface area contributed by atoms with E-state index < -0.39 is 0 Å². The van der Waals surface area contributed by atoms with Gasteiger partial charge >= 0.3 is 0 Å². The summed E-state index contributed by atoms with van der Waals surface area (Å²) in [6.07, 6.45) is 4.39. The van der Waals surface area contributed by atoms with E-state index in [1.165, 1.54) is 16.0 Å². The van der Waals surface area contributed by atoms with Crippen molar-refractivity contribution in [3.8, 4) is 11.5 Å². The predicted octanol–water partition coefficient (Wildman–Crippen LogP) is 6.17. The Kier molecular flexibility index (Phi) is 5.83. The van der Waals surface area contributed by atoms with Crippen molar-refractivity contribution in [2.45, 2.75) is 33.7 Å². The molecule has 0 bridgehead atoms. The minimum absolute atomic E-state index is 0.729. The molecule has 0 atom stereocenters. The van der Waals surface area contributed by atoms with Gasteiger partial charge in [0.25, 0.3) is 0 Å². The van der Waals surface area contributed by atoms with E-state index in [0.717, 1.165) is 70.5 Å². The lowest BCUT2D eigenvalue weighted by atomic mass is 10.0. The highest BCUT2D eigenvalue weighted by Gasteiger charge is 2.23. The average Bonchev–Trinajstić information content (AvgIpc) is 3.15. The lowest BCUT2D eigenvalue weighted by Gasteiger charge is -2.26. The Hall–Kier alpha value is -3.29. The molecule has 1 N–H and O–H groups in total. The Morgan fingerprint density at radius 2 is 2.06 bits per heavy atom. The van der Waals surface area contributed by atoms with Gasteiger partial charge in [0.1, 0.15) is 28.5 Å². The van der Waals surface area contributed by atoms with Crippen molar-refractivity contribution < 1.29 is 4.74 Å². The number of nitrogens with one attached hydrogen (secondary N) is 1. The molecule has 3 aromatic heterocycles. The summed E-state index contributed by atoms with van der Waals surface area (Å²) in [6.45, 7) is 13.1. The SMILES string of the molecule is C=C(C)CN1CCc2c(sc3ncnc(Nc4ccc(Oc5ccc(C)nc5)c(C)c4)c23)C1. The molecule has 0 unspecified atom stereocenters. The normalized spacial score (nSPS) is 13.7. The zero-order valence-electron chi connectivity index (χ0n) is 19.2. The molecule has 1 aliphatic rings. The lowest BCUT2D eigenvalue weighted by Crippen LogP contribution is -2.30. The van der Waals surface area contributed by atoms with Gasteiger partial charge in [-0.1, -0.05) is 12.2 Å². The summed E-state index contributed by atoms with van der Waals surface area (Å²) < 4.78 is 6.01. The number of rotatable bonds is 6. The number of pyridine rings is 1. The van der Waals surface area contributed by atoms with Crippen LogP contribution >= 0.6 is 11.3 Å². The highest BCUT2D eigenvalue weighted by Crippen LogP contribution is 2.38. The smallest absolute Gasteiger partial charge is 0.145 e. The molecule has 6 nitrogen and oxygen atoms in total. The number of thiophene rings is 1. The molecule has 0 saturated carbocycles. The van der Waals surface area contributed by atoms with Crippen LogP contribution in [0.2, 0.25) is 0 Å². The van der Waals surface area contributed by atoms with Crippen molar-refractivity contribution in [1.29, 1.82) is 0 Å². The van der Waals surface area contributed by atoms with Gasteiger partial charge in [-0.05, 0) is 68.7 Å². The van der Waals surface area contributed by atoms with Crippen LogP contribution in [0.1, 0.15) is 28.6 Å². The maximum Gasteiger partial charge on any atom is 0.145 e. The van der Waals surface area contributed by atoms with Crippen molar-refractivity contribution in [2.24, 2.45) is 0 Å². The number of aryl methyl sites for hydroxylation is 2. The van der Waals surface area contributed by atoms with E-state index in [0.29, 0.717) is 0 Å². The van der Waals surface area contributed by atoms with Gasteiger partial charge in [-0.2, -0.15) is 0 Å². The van der Waals surface area contributed by atoms with Crippen molar-refractivity contribution in [2.75, 3.05) is 18.4 Å². The summed E-state index contributed by atoms with van der Waals surface area (Å²) in [7, 11) is 0. The second-order valence-corrected chi connectivity index (χ2v) is 9.75. The highest BCUT2D eigenvalue weighted by molar-refractivity contribution is 7.19. The molecule has 4 aromatic rings. The number of fused-ring (bicyclic) bond motifs is 3. The first-order chi connectivity index (χ1) is 16.0. The van der Waals surface area contributed by atoms with Crippen molar-refractivity contribution >= 4 is 33.1 Å². The van der Waals surface area contributed by atoms with Crippen LogP contribution in [0.4, 0.5) is 11.5 Å². The Labute approximate surface area is 198 Å². The zero-order chi connectivity index (χ0) is 22.9. The van der Waals surface area contributed by atoms with Crippen molar-refractivity contribution in [3.05, 3.63) is 76.7 Å². The molecule has 0 radical (unpaired) electrons. The van der Waals surface area contributed by atoms with Crippen LogP contribution in [-0.2, 0) is 13.0 Å². The number of aromatic nitrogens is 3. The summed E-state index contributed by atoms with van der Waals surface area (Å²) in [5.74, 6) is 2.40. The molecule has 4 heterocycles. The fraction of sp³-hybridized carbons (Fsp3) is 0.269. The maximum atomic E-state index is 6.01. The van der Waals surface area contributed by atoms with Gasteiger partial charge in [-0.3, -0.25) is 9.88 Å². The van der Waals surface area contributed by atoms with Crippen LogP contribution < -0.4 is 10.1 Å². The highest BCUT2D eigenvalue weighted by atomic mass is 32.1. The van der Waals surface area contributed by atoms with Gasteiger partial charge in [0.05, 0.1) is 11.6 Å². The Balaban J connectivity index is 1.39. The Morgan fingerprint density at radius 3 is 2.82 bits per heavy atom. The Morgan fingerprint density at radius 1 is 1.18 bits per heavy atom. The van der Waals surface area contributed by atoms with Crippen LogP contribution in [0.15, 0.2) is 55.0 Å². The molecule has 1 aliphatic heterocycles. The van der Waals surface area contributed by atoms with Gasteiger partial charge in [0.15, 0.2) is 0 Å². The molecular weight excluding hydrogens is 430 g/mol. The van der Waals surface area contributed by atoms with Gasteiger partial charge in [-0.25, -0.2) is 9.97 Å². The fourth-order valence-corrected chi connectivity index (χ4v) is 5.44. The topological polar surface area (TPSA) is 63.2 Å². The molecule has 0 amide bonds. The summed E-state index contributed by atoms with van der Waals surface area (Å²) >= 11 is 1.77. The van der Waals surface area contributed by atoms with E-state index in [4.69, 9.17) is 4.74 Å². The molecule has 168 valence electrons. The molecule has 5 rings (SSSR count). The third kappa shape index (κ3) is 4.60. The first-order valence-electron chi connectivity index (χ1n) is 11.1. The molecule has 7 heteroatoms. The van der Waals surface area contributed by atoms with Crippen molar-refractivity contribution in [1.82, 2.24) is 19.9 Å². The van der Waals surface area contributed by atoms with Crippen LogP contribution in [-0.4, -0.2) is 32.9 Å². The fourth-order valence-electron chi connectivity index (χ4n) is 4.21. The third-order valence-corrected chi connectivity index (χ3v) is 6.88. The van der Waals surface area contributed by atoms with E-state index >= 15 is 0 Å². The van der Waals surface area contributed by atoms with Crippen LogP contribution in [0.25, 0.3) is 10.2 Å². The van der Waals surface area contributed by atoms with Crippen LogP contribution in [0.5, 0.6) is 11.5 Å². The van der Waals surface area contributed by atoms with Crippen LogP contribution in [0, 0.1) is 13.8 Å². The Bertz CT molecular complexity index is 1330. The third-order valence-electron chi connectivity index (χ3n) is 5.76. The van der Waals surface area contributed by atoms with E-state index in [2.05, 4.69) is 44.7 Å². The van der Waals surface area contributed by atoms with Gasteiger partial charge in [0, 0.05) is 35.9 Å². The number of hydrogen-bond acceptors (Lipinski definition) is 7. The average molecular weight is 458 g/mol. The minimum atomic E-state index is 0.729. The van der Waals surface area contributed by atoms with Gasteiger partial charge < -0.3 is 10.1 Å². The van der Waals surface area contributed by atoms with E-state index in [-0.39, 0.29) is 0 Å². The molecular formula is C26H27N5OS. The quantitative estimate of drug-likeness (QED) is 0.349. The summed E-state index contributed by atoms with van der Waals surface area (Å²) in [6, 6.07) is 9.96. The van der Waals surface area contributed by atoms with Gasteiger partial charge in [0.2, 0.25) is 0 Å². The summed E-state index contributed by atoms with van der Waals surface area (Å²) in [4.78, 5) is 18.3. The van der Waals surface area contributed by atoms with Crippen molar-refractivity contribution in [3.63, 3.8) is 0 Å². The van der Waals surface area contributed by atoms with Crippen LogP contribution in [0.3, 0.4) is 0 Å². The number of nitrogens with zero attached hydrogens (tertiary/aromatic N) is 4. The molecule has 0 spiro atoms. The number of hydrogen-bond donors (Lipinski definition) is 1. The second-order valence-electron chi connectivity index (χ2n) is 8.67. The standard InChI is InChI=1S/C26H27N5OS/c1-16(2)13-31-10-9-21-23(14-31)33-26-24(21)25(28-15-29-26)30-19-6-8-22(17(3)11-19)32-20-7-5-18(4)27-12-20/h5-8,11-12,15H,1,9-10,13-14H2,2-4H3,(H,28,29,30). The maximum absolute atomic E-state index is 6.01. The predicted molar refractivity (Wildman–Crippen MR) is 135 cm³/mol. The first kappa shape index (κ1) is 21.6. The molecule has 0 saturated heterocycles. The molecule has 1 aromatic carbocycles. The largest absolute Gasteiger partial charge is 0.455 e. The number of ether oxygens (including phenoxy) is 1. The summed E-state index contributed by atoms with van der Waals surface area (Å²) in [5.41, 5.74) is 5.55. The minimum Gasteiger partial charge on any atom is -0.455 e. The first-order valence-corrected chi connectivity index (χ1v) is 11.9. The zero-order valence-corrected chi connectivity index (χ0v) is 20.0. The van der Waals surface area contributed by atoms with Gasteiger partial charge in [-0.15, -0.1) is 11.3 Å². The second kappa shape index (κ2) is 8.92. The number of benzene rings is 1. The monoisotopic (exact) mass is 457 g/mol. The van der Waals surface area contributed by atoms with E-state index in [1.807, 2.05) is 38.1 Å². The lowest BCUT2D eigenvalue weighted by molar-refractivity contribution is 0.280.